The molecule has 43 heavy (non-hydrogen) atoms. The Balaban J connectivity index is 1.49. The average Bonchev–Trinajstić information content (AvgIpc) is 3.49. The first kappa shape index (κ1) is 34.8. The van der Waals surface area contributed by atoms with Crippen molar-refractivity contribution < 1.29 is 14.9 Å². The van der Waals surface area contributed by atoms with Gasteiger partial charge in [0, 0.05) is 17.8 Å². The fraction of sp³-hybridized carbons (Fsp3) is 0.500. The van der Waals surface area contributed by atoms with Crippen molar-refractivity contribution >= 4 is 0 Å². The van der Waals surface area contributed by atoms with Gasteiger partial charge in [0.1, 0.15) is 11.2 Å². The van der Waals surface area contributed by atoms with Gasteiger partial charge in [0.2, 0.25) is 0 Å². The van der Waals surface area contributed by atoms with Crippen LogP contribution in [0.1, 0.15) is 88.5 Å². The van der Waals surface area contributed by atoms with Crippen LogP contribution in [0.4, 0.5) is 0 Å². The number of hydrogen-bond acceptors (Lipinski definition) is 3. The number of epoxide rings is 1. The van der Waals surface area contributed by atoms with Gasteiger partial charge in [-0.05, 0) is 65.9 Å². The zero-order chi connectivity index (χ0) is 32.1. The number of ether oxygens (including phenoxy) is 1. The minimum atomic E-state index is -0.333. The number of hydrogen-bond donors (Lipinski definition) is 2. The molecule has 1 saturated carbocycles. The highest BCUT2D eigenvalue weighted by atomic mass is 16.6. The third-order valence-electron chi connectivity index (χ3n) is 9.43. The molecule has 3 heteroatoms. The van der Waals surface area contributed by atoms with Crippen molar-refractivity contribution in [3.8, 4) is 0 Å². The van der Waals surface area contributed by atoms with E-state index < -0.39 is 0 Å². The highest BCUT2D eigenvalue weighted by Crippen LogP contribution is 2.66. The largest absolute Gasteiger partial charge is 0.393 e. The molecule has 1 aliphatic heterocycles. The standard InChI is InChI=1S/C40H56O3/c1-29(17-13-19-31(3)21-22-36-33(5)25-34(41)26-37(36,6)7)15-11-12-16-30(2)18-14-20-32(4)23-24-40-38(8,9)27-35(42)28-39(40,10)43-40/h11-25,34-36,41-42H,26-28H2,1-10H3/b12-11+,17-13+,18-14+,22-21+,24-23+,29-15+,30-16-,31-19+,32-20-/t34-,35-,36-,39+,40-/m0/s1. The molecule has 2 aliphatic carbocycles. The van der Waals surface area contributed by atoms with Crippen molar-refractivity contribution in [1.29, 1.82) is 0 Å². The normalized spacial score (nSPS) is 33.8. The van der Waals surface area contributed by atoms with Gasteiger partial charge in [-0.15, -0.1) is 0 Å². The van der Waals surface area contributed by atoms with Crippen LogP contribution in [-0.2, 0) is 4.74 Å². The lowest BCUT2D eigenvalue weighted by atomic mass is 9.63. The highest BCUT2D eigenvalue weighted by Gasteiger charge is 2.74. The van der Waals surface area contributed by atoms with Gasteiger partial charge in [-0.25, -0.2) is 0 Å². The minimum absolute atomic E-state index is 0.0547. The maximum Gasteiger partial charge on any atom is 0.121 e. The van der Waals surface area contributed by atoms with E-state index in [-0.39, 0.29) is 34.2 Å². The van der Waals surface area contributed by atoms with Crippen LogP contribution in [0.3, 0.4) is 0 Å². The van der Waals surface area contributed by atoms with Crippen LogP contribution in [0, 0.1) is 16.7 Å². The first-order valence-electron chi connectivity index (χ1n) is 15.8. The van der Waals surface area contributed by atoms with E-state index in [1.165, 1.54) is 27.9 Å². The lowest BCUT2D eigenvalue weighted by molar-refractivity contribution is 0.0515. The van der Waals surface area contributed by atoms with Gasteiger partial charge < -0.3 is 14.9 Å². The molecule has 0 unspecified atom stereocenters. The third kappa shape index (κ3) is 8.91. The second kappa shape index (κ2) is 13.9. The Kier molecular flexibility index (Phi) is 11.3. The van der Waals surface area contributed by atoms with E-state index in [0.29, 0.717) is 12.3 Å². The molecule has 0 aromatic carbocycles. The van der Waals surface area contributed by atoms with Crippen molar-refractivity contribution in [3.63, 3.8) is 0 Å². The van der Waals surface area contributed by atoms with Gasteiger partial charge in [-0.1, -0.05) is 141 Å². The predicted octanol–water partition coefficient (Wildman–Crippen LogP) is 9.61. The van der Waals surface area contributed by atoms with Gasteiger partial charge in [-0.3, -0.25) is 0 Å². The number of fused-ring (bicyclic) bond motifs is 1. The summed E-state index contributed by atoms with van der Waals surface area (Å²) in [6.07, 6.45) is 33.5. The number of aliphatic hydroxyl groups excluding tert-OH is 2. The fourth-order valence-corrected chi connectivity index (χ4v) is 7.07. The topological polar surface area (TPSA) is 53.0 Å². The summed E-state index contributed by atoms with van der Waals surface area (Å²) in [5.41, 5.74) is 5.38. The molecule has 0 aromatic rings. The molecule has 3 rings (SSSR count). The lowest BCUT2D eigenvalue weighted by Crippen LogP contribution is -2.46. The second-order valence-electron chi connectivity index (χ2n) is 14.6. The van der Waals surface area contributed by atoms with E-state index in [4.69, 9.17) is 4.74 Å². The van der Waals surface area contributed by atoms with Crippen LogP contribution in [0.5, 0.6) is 0 Å². The molecule has 2 fully saturated rings. The van der Waals surface area contributed by atoms with Crippen molar-refractivity contribution in [1.82, 2.24) is 0 Å². The Labute approximate surface area is 262 Å². The van der Waals surface area contributed by atoms with Crippen LogP contribution in [-0.4, -0.2) is 33.6 Å². The van der Waals surface area contributed by atoms with Crippen molar-refractivity contribution in [2.75, 3.05) is 0 Å². The summed E-state index contributed by atoms with van der Waals surface area (Å²) in [5.74, 6) is 0.345. The summed E-state index contributed by atoms with van der Waals surface area (Å²) in [5, 5.41) is 20.3. The summed E-state index contributed by atoms with van der Waals surface area (Å²) in [4.78, 5) is 0. The summed E-state index contributed by atoms with van der Waals surface area (Å²) in [6, 6.07) is 0. The molecule has 0 aromatic heterocycles. The van der Waals surface area contributed by atoms with Gasteiger partial charge in [0.25, 0.3) is 0 Å². The summed E-state index contributed by atoms with van der Waals surface area (Å²) >= 11 is 0. The smallest absolute Gasteiger partial charge is 0.121 e. The first-order chi connectivity index (χ1) is 20.0. The quantitative estimate of drug-likeness (QED) is 0.153. The summed E-state index contributed by atoms with van der Waals surface area (Å²) < 4.78 is 6.25. The van der Waals surface area contributed by atoms with Crippen molar-refractivity contribution in [3.05, 3.63) is 119 Å². The van der Waals surface area contributed by atoms with E-state index in [0.717, 1.165) is 12.8 Å². The molecular formula is C40H56O3. The molecule has 234 valence electrons. The summed E-state index contributed by atoms with van der Waals surface area (Å²) in [6.45, 7) is 21.5. The number of rotatable bonds is 10. The fourth-order valence-electron chi connectivity index (χ4n) is 7.07. The minimum Gasteiger partial charge on any atom is -0.393 e. The Bertz CT molecular complexity index is 1320. The molecule has 1 heterocycles. The zero-order valence-electron chi connectivity index (χ0n) is 28.3. The maximum atomic E-state index is 10.2. The Morgan fingerprint density at radius 3 is 1.77 bits per heavy atom. The van der Waals surface area contributed by atoms with Crippen LogP contribution in [0.2, 0.25) is 0 Å². The molecule has 0 amide bonds. The molecule has 2 N–H and O–H groups in total. The van der Waals surface area contributed by atoms with Gasteiger partial charge >= 0.3 is 0 Å². The van der Waals surface area contributed by atoms with E-state index >= 15 is 0 Å². The first-order valence-corrected chi connectivity index (χ1v) is 15.8. The van der Waals surface area contributed by atoms with E-state index in [1.54, 1.807) is 0 Å². The Hall–Kier alpha value is -2.72. The Morgan fingerprint density at radius 2 is 1.23 bits per heavy atom. The van der Waals surface area contributed by atoms with Crippen LogP contribution in [0.15, 0.2) is 119 Å². The molecular weight excluding hydrogens is 528 g/mol. The van der Waals surface area contributed by atoms with Crippen molar-refractivity contribution in [2.24, 2.45) is 16.7 Å². The molecule has 0 spiro atoms. The van der Waals surface area contributed by atoms with Crippen molar-refractivity contribution in [2.45, 2.75) is 112 Å². The Morgan fingerprint density at radius 1 is 0.721 bits per heavy atom. The second-order valence-corrected chi connectivity index (χ2v) is 14.6. The highest BCUT2D eigenvalue weighted by molar-refractivity contribution is 5.37. The molecule has 3 aliphatic rings. The van der Waals surface area contributed by atoms with Gasteiger partial charge in [0.15, 0.2) is 0 Å². The summed E-state index contributed by atoms with van der Waals surface area (Å²) in [7, 11) is 0. The molecule has 1 saturated heterocycles. The molecule has 5 atom stereocenters. The van der Waals surface area contributed by atoms with E-state index in [9.17, 15) is 10.2 Å². The molecule has 0 radical (unpaired) electrons. The van der Waals surface area contributed by atoms with Crippen LogP contribution >= 0.6 is 0 Å². The lowest BCUT2D eigenvalue weighted by Gasteiger charge is -2.39. The number of aliphatic hydroxyl groups is 2. The maximum absolute atomic E-state index is 10.2. The average molecular weight is 585 g/mol. The number of allylic oxidation sites excluding steroid dienone is 18. The zero-order valence-corrected chi connectivity index (χ0v) is 28.3. The van der Waals surface area contributed by atoms with Crippen LogP contribution < -0.4 is 0 Å². The van der Waals surface area contributed by atoms with Gasteiger partial charge in [-0.2, -0.15) is 0 Å². The monoisotopic (exact) mass is 584 g/mol. The SMILES string of the molecule is CC1=C[C@H](O)CC(C)(C)[C@H]1/C=C/C(C)=C/C=C/C(C)=C/C=C/C=C(C)\C=C\C=C(C)/C=C/[C@@]12O[C@]1(C)C[C@@H](O)CC2(C)C. The van der Waals surface area contributed by atoms with Crippen LogP contribution in [0.25, 0.3) is 0 Å². The third-order valence-corrected chi connectivity index (χ3v) is 9.43. The van der Waals surface area contributed by atoms with E-state index in [2.05, 4.69) is 154 Å². The predicted molar refractivity (Wildman–Crippen MR) is 184 cm³/mol. The molecule has 3 nitrogen and oxygen atoms in total. The van der Waals surface area contributed by atoms with E-state index in [1.807, 2.05) is 6.08 Å². The van der Waals surface area contributed by atoms with Gasteiger partial charge in [0.05, 0.1) is 12.2 Å². The molecule has 0 bridgehead atoms.